The molecule has 24 heavy (non-hydrogen) atoms. The van der Waals surface area contributed by atoms with Crippen LogP contribution in [0.2, 0.25) is 0 Å². The minimum absolute atomic E-state index is 0.282. The van der Waals surface area contributed by atoms with Crippen LogP contribution >= 0.6 is 0 Å². The highest BCUT2D eigenvalue weighted by Gasteiger charge is 2.22. The van der Waals surface area contributed by atoms with Crippen LogP contribution in [0.15, 0.2) is 24.3 Å². The van der Waals surface area contributed by atoms with Gasteiger partial charge in [-0.25, -0.2) is 8.42 Å². The van der Waals surface area contributed by atoms with Gasteiger partial charge in [-0.2, -0.15) is 0 Å². The Balaban J connectivity index is 2.01. The van der Waals surface area contributed by atoms with Gasteiger partial charge in [0.25, 0.3) is 0 Å². The molecule has 0 amide bonds. The van der Waals surface area contributed by atoms with Gasteiger partial charge in [-0.05, 0) is 44.0 Å². The van der Waals surface area contributed by atoms with Crippen LogP contribution in [0.4, 0.5) is 0 Å². The fraction of sp³-hybridized carbons (Fsp3) is 0.579. The van der Waals surface area contributed by atoms with Crippen LogP contribution in [0.1, 0.15) is 31.5 Å². The maximum Gasteiger partial charge on any atom is 0.150 e. The number of sulfone groups is 1. The molecule has 0 bridgehead atoms. The summed E-state index contributed by atoms with van der Waals surface area (Å²) in [5, 5.41) is 1.24. The molecule has 2 heterocycles. The smallest absolute Gasteiger partial charge is 0.150 e. The number of rotatable bonds is 5. The minimum Gasteiger partial charge on any atom is -0.343 e. The highest BCUT2D eigenvalue weighted by atomic mass is 32.2. The van der Waals surface area contributed by atoms with E-state index in [0.717, 1.165) is 39.0 Å². The van der Waals surface area contributed by atoms with E-state index in [1.54, 1.807) is 0 Å². The van der Waals surface area contributed by atoms with Crippen molar-refractivity contribution in [1.29, 1.82) is 0 Å². The first kappa shape index (κ1) is 17.5. The van der Waals surface area contributed by atoms with Gasteiger partial charge in [0.15, 0.2) is 9.84 Å². The highest BCUT2D eigenvalue weighted by Crippen LogP contribution is 2.29. The Kier molecular flexibility index (Phi) is 5.30. The molecule has 4 nitrogen and oxygen atoms in total. The first-order valence-electron chi connectivity index (χ1n) is 9.07. The second-order valence-corrected chi connectivity index (χ2v) is 8.93. The number of hydrogen-bond donors (Lipinski definition) is 0. The SMILES string of the molecule is CCN(CC)CCn1c2c(c3ccccc31)CCS(=O)(=O)CCC2. The fourth-order valence-electron chi connectivity index (χ4n) is 3.85. The number of aromatic nitrogens is 1. The maximum absolute atomic E-state index is 12.1. The molecule has 0 saturated heterocycles. The standard InChI is InChI=1S/C19H28N2O2S/c1-3-20(4-2)12-13-21-18-9-6-5-8-16(18)17-11-15-24(22,23)14-7-10-19(17)21/h5-6,8-9H,3-4,7,10-15H2,1-2H3. The zero-order valence-corrected chi connectivity index (χ0v) is 15.6. The zero-order valence-electron chi connectivity index (χ0n) is 14.8. The van der Waals surface area contributed by atoms with Crippen LogP contribution in [-0.2, 0) is 29.2 Å². The summed E-state index contributed by atoms with van der Waals surface area (Å²) in [5.41, 5.74) is 3.88. The van der Waals surface area contributed by atoms with Crippen molar-refractivity contribution < 1.29 is 8.42 Å². The van der Waals surface area contributed by atoms with E-state index in [9.17, 15) is 8.42 Å². The van der Waals surface area contributed by atoms with E-state index in [-0.39, 0.29) is 5.75 Å². The molecule has 1 aliphatic rings. The second-order valence-electron chi connectivity index (χ2n) is 6.63. The lowest BCUT2D eigenvalue weighted by atomic mass is 10.1. The molecule has 1 aromatic heterocycles. The van der Waals surface area contributed by atoms with Crippen LogP contribution < -0.4 is 0 Å². The van der Waals surface area contributed by atoms with Crippen molar-refractivity contribution in [2.24, 2.45) is 0 Å². The molecule has 5 heteroatoms. The van der Waals surface area contributed by atoms with E-state index >= 15 is 0 Å². The number of fused-ring (bicyclic) bond motifs is 3. The van der Waals surface area contributed by atoms with E-state index in [0.29, 0.717) is 12.2 Å². The first-order chi connectivity index (χ1) is 11.6. The Morgan fingerprint density at radius 3 is 2.58 bits per heavy atom. The fourth-order valence-corrected chi connectivity index (χ4v) is 5.15. The van der Waals surface area contributed by atoms with Crippen LogP contribution in [0.25, 0.3) is 10.9 Å². The average Bonchev–Trinajstić information content (AvgIpc) is 2.85. The molecule has 0 fully saturated rings. The molecule has 0 saturated carbocycles. The van der Waals surface area contributed by atoms with Crippen molar-refractivity contribution in [3.05, 3.63) is 35.5 Å². The van der Waals surface area contributed by atoms with Gasteiger partial charge >= 0.3 is 0 Å². The molecular formula is C19H28N2O2S. The lowest BCUT2D eigenvalue weighted by molar-refractivity contribution is 0.291. The van der Waals surface area contributed by atoms with Gasteiger partial charge in [0.2, 0.25) is 0 Å². The van der Waals surface area contributed by atoms with E-state index < -0.39 is 9.84 Å². The van der Waals surface area contributed by atoms with Crippen molar-refractivity contribution >= 4 is 20.7 Å². The Morgan fingerprint density at radius 2 is 1.83 bits per heavy atom. The summed E-state index contributed by atoms with van der Waals surface area (Å²) in [6.07, 6.45) is 2.24. The van der Waals surface area contributed by atoms with Gasteiger partial charge in [0.05, 0.1) is 11.5 Å². The zero-order chi connectivity index (χ0) is 17.2. The summed E-state index contributed by atoms with van der Waals surface area (Å²) in [6.45, 7) is 8.55. The third-order valence-corrected chi connectivity index (χ3v) is 7.00. The third-order valence-electron chi connectivity index (χ3n) is 5.26. The van der Waals surface area contributed by atoms with Gasteiger partial charge in [0, 0.05) is 29.7 Å². The number of para-hydroxylation sites is 1. The Bertz CT molecular complexity index is 804. The van der Waals surface area contributed by atoms with Crippen molar-refractivity contribution in [1.82, 2.24) is 9.47 Å². The number of likely N-dealkylation sites (N-methyl/N-ethyl adjacent to an activating group) is 1. The van der Waals surface area contributed by atoms with Gasteiger partial charge in [-0.1, -0.05) is 32.0 Å². The summed E-state index contributed by atoms with van der Waals surface area (Å²) in [5.74, 6) is 0.605. The summed E-state index contributed by atoms with van der Waals surface area (Å²) >= 11 is 0. The van der Waals surface area contributed by atoms with Gasteiger partial charge in [0.1, 0.15) is 0 Å². The van der Waals surface area contributed by atoms with Crippen LogP contribution in [0.5, 0.6) is 0 Å². The molecule has 0 N–H and O–H groups in total. The lowest BCUT2D eigenvalue weighted by Crippen LogP contribution is -2.27. The molecule has 0 aliphatic carbocycles. The lowest BCUT2D eigenvalue weighted by Gasteiger charge is -2.21. The van der Waals surface area contributed by atoms with Gasteiger partial charge < -0.3 is 9.47 Å². The van der Waals surface area contributed by atoms with E-state index in [4.69, 9.17) is 0 Å². The van der Waals surface area contributed by atoms with E-state index in [2.05, 4.69) is 47.6 Å². The molecule has 0 spiro atoms. The number of aryl methyl sites for hydroxylation is 1. The minimum atomic E-state index is -2.90. The molecule has 0 radical (unpaired) electrons. The molecule has 132 valence electrons. The molecule has 1 aromatic carbocycles. The molecule has 0 unspecified atom stereocenters. The molecule has 3 rings (SSSR count). The summed E-state index contributed by atoms with van der Waals surface area (Å²) in [6, 6.07) is 8.47. The largest absolute Gasteiger partial charge is 0.343 e. The molecule has 1 aliphatic heterocycles. The Labute approximate surface area is 145 Å². The van der Waals surface area contributed by atoms with Gasteiger partial charge in [-0.15, -0.1) is 0 Å². The molecule has 0 atom stereocenters. The summed E-state index contributed by atoms with van der Waals surface area (Å²) < 4.78 is 26.6. The predicted molar refractivity (Wildman–Crippen MR) is 100 cm³/mol. The number of hydrogen-bond acceptors (Lipinski definition) is 3. The third kappa shape index (κ3) is 3.52. The quantitative estimate of drug-likeness (QED) is 0.834. The van der Waals surface area contributed by atoms with Crippen molar-refractivity contribution in [2.45, 2.75) is 39.7 Å². The molecular weight excluding hydrogens is 320 g/mol. The summed E-state index contributed by atoms with van der Waals surface area (Å²) in [7, 11) is -2.90. The highest BCUT2D eigenvalue weighted by molar-refractivity contribution is 7.91. The van der Waals surface area contributed by atoms with E-state index in [1.807, 2.05) is 0 Å². The average molecular weight is 349 g/mol. The normalized spacial score (nSPS) is 17.6. The van der Waals surface area contributed by atoms with E-state index in [1.165, 1.54) is 22.2 Å². The van der Waals surface area contributed by atoms with Crippen molar-refractivity contribution in [3.63, 3.8) is 0 Å². The summed E-state index contributed by atoms with van der Waals surface area (Å²) in [4.78, 5) is 2.44. The monoisotopic (exact) mass is 348 g/mol. The van der Waals surface area contributed by atoms with Crippen LogP contribution in [0, 0.1) is 0 Å². The van der Waals surface area contributed by atoms with Crippen LogP contribution in [0.3, 0.4) is 0 Å². The van der Waals surface area contributed by atoms with Crippen molar-refractivity contribution in [2.75, 3.05) is 31.1 Å². The number of nitrogens with zero attached hydrogens (tertiary/aromatic N) is 2. The molecule has 2 aromatic rings. The number of benzene rings is 1. The van der Waals surface area contributed by atoms with Crippen molar-refractivity contribution in [3.8, 4) is 0 Å². The second kappa shape index (κ2) is 7.28. The Morgan fingerprint density at radius 1 is 1.08 bits per heavy atom. The van der Waals surface area contributed by atoms with Crippen LogP contribution in [-0.4, -0.2) is 49.0 Å². The first-order valence-corrected chi connectivity index (χ1v) is 10.9. The predicted octanol–water partition coefficient (Wildman–Crippen LogP) is 2.89. The topological polar surface area (TPSA) is 42.3 Å². The van der Waals surface area contributed by atoms with Gasteiger partial charge in [-0.3, -0.25) is 0 Å². The maximum atomic E-state index is 12.1. The Hall–Kier alpha value is -1.33.